The van der Waals surface area contributed by atoms with Crippen LogP contribution in [0.1, 0.15) is 20.8 Å². The average Bonchev–Trinajstić information content (AvgIpc) is 3.06. The highest BCUT2D eigenvalue weighted by Gasteiger charge is 2.54. The fourth-order valence-electron chi connectivity index (χ4n) is 4.49. The van der Waals surface area contributed by atoms with E-state index >= 15 is 0 Å². The Hall–Kier alpha value is -3.82. The van der Waals surface area contributed by atoms with Gasteiger partial charge in [0.1, 0.15) is 0 Å². The van der Waals surface area contributed by atoms with Crippen molar-refractivity contribution < 1.29 is 19.1 Å². The molecule has 3 aromatic carbocycles. The third kappa shape index (κ3) is 5.39. The van der Waals surface area contributed by atoms with E-state index in [-0.39, 0.29) is 11.8 Å². The predicted octanol–water partition coefficient (Wildman–Crippen LogP) is 5.57. The van der Waals surface area contributed by atoms with E-state index in [4.69, 9.17) is 10.5 Å². The molecule has 1 aliphatic rings. The number of nitrogens with one attached hydrogen (secondary N) is 3. The van der Waals surface area contributed by atoms with Gasteiger partial charge in [0.25, 0.3) is 0 Å². The molecule has 0 spiro atoms. The largest absolute Gasteiger partial charge is 0.453 e. The van der Waals surface area contributed by atoms with E-state index in [9.17, 15) is 14.4 Å². The van der Waals surface area contributed by atoms with Crippen LogP contribution in [0.25, 0.3) is 11.1 Å². The molecule has 0 fully saturated rings. The summed E-state index contributed by atoms with van der Waals surface area (Å²) in [6.45, 7) is 5.31. The first-order valence-electron chi connectivity index (χ1n) is 12.2. The van der Waals surface area contributed by atoms with Gasteiger partial charge in [-0.2, -0.15) is 0 Å². The van der Waals surface area contributed by atoms with Crippen LogP contribution in [0.2, 0.25) is 0 Å². The molecule has 0 saturated heterocycles. The molecule has 0 aliphatic carbocycles. The zero-order chi connectivity index (χ0) is 27.5. The van der Waals surface area contributed by atoms with Crippen molar-refractivity contribution in [1.29, 1.82) is 0 Å². The van der Waals surface area contributed by atoms with Crippen LogP contribution in [0.5, 0.6) is 0 Å². The maximum atomic E-state index is 13.8. The van der Waals surface area contributed by atoms with Crippen LogP contribution in [0, 0.1) is 11.3 Å². The van der Waals surface area contributed by atoms with Crippen LogP contribution in [-0.2, 0) is 14.3 Å². The third-order valence-electron chi connectivity index (χ3n) is 7.18. The number of nitrogens with two attached hydrogens (primary N) is 1. The first-order valence-corrected chi connectivity index (χ1v) is 13.2. The second kappa shape index (κ2) is 10.9. The van der Waals surface area contributed by atoms with Crippen LogP contribution in [-0.4, -0.2) is 36.3 Å². The molecule has 3 amide bonds. The van der Waals surface area contributed by atoms with Gasteiger partial charge in [-0.1, -0.05) is 42.5 Å². The highest BCUT2D eigenvalue weighted by atomic mass is 32.2. The van der Waals surface area contributed by atoms with Gasteiger partial charge in [0.05, 0.1) is 29.8 Å². The van der Waals surface area contributed by atoms with Gasteiger partial charge in [-0.25, -0.2) is 4.79 Å². The number of hydrogen-bond acceptors (Lipinski definition) is 6. The number of hydrogen-bond donors (Lipinski definition) is 4. The minimum absolute atomic E-state index is 0.233. The molecule has 0 radical (unpaired) electrons. The highest BCUT2D eigenvalue weighted by Crippen LogP contribution is 2.44. The molecule has 1 heterocycles. The lowest BCUT2D eigenvalue weighted by molar-refractivity contribution is -0.138. The van der Waals surface area contributed by atoms with E-state index in [0.717, 1.165) is 21.7 Å². The molecular weight excluding hydrogens is 500 g/mol. The van der Waals surface area contributed by atoms with Gasteiger partial charge in [0.2, 0.25) is 11.8 Å². The molecule has 198 valence electrons. The third-order valence-corrected chi connectivity index (χ3v) is 8.34. The van der Waals surface area contributed by atoms with Crippen LogP contribution in [0.4, 0.5) is 21.9 Å². The Kier molecular flexibility index (Phi) is 7.80. The normalized spacial score (nSPS) is 16.8. The van der Waals surface area contributed by atoms with Crippen molar-refractivity contribution in [2.75, 3.05) is 28.8 Å². The number of carbonyl (C=O) groups is 3. The van der Waals surface area contributed by atoms with Gasteiger partial charge in [0, 0.05) is 27.4 Å². The average molecular weight is 533 g/mol. The number of methoxy groups -OCH3 is 1. The Morgan fingerprint density at radius 2 is 1.63 bits per heavy atom. The number of amides is 3. The molecule has 3 aromatic rings. The van der Waals surface area contributed by atoms with Crippen LogP contribution < -0.4 is 21.7 Å². The van der Waals surface area contributed by atoms with E-state index in [1.807, 2.05) is 54.6 Å². The number of para-hydroxylation sites is 2. The second-order valence-corrected chi connectivity index (χ2v) is 11.0. The number of rotatable bonds is 6. The summed E-state index contributed by atoms with van der Waals surface area (Å²) >= 11 is 1.54. The molecule has 4 rings (SSSR count). The number of fused-ring (bicyclic) bond motifs is 1. The topological polar surface area (TPSA) is 123 Å². The first-order chi connectivity index (χ1) is 18.0. The zero-order valence-corrected chi connectivity index (χ0v) is 22.6. The van der Waals surface area contributed by atoms with Gasteiger partial charge in [-0.05, 0) is 56.7 Å². The van der Waals surface area contributed by atoms with E-state index in [2.05, 4.69) is 16.0 Å². The predicted molar refractivity (Wildman–Crippen MR) is 152 cm³/mol. The van der Waals surface area contributed by atoms with E-state index in [1.54, 1.807) is 39.0 Å². The van der Waals surface area contributed by atoms with Crippen LogP contribution >= 0.6 is 11.8 Å². The molecule has 5 N–H and O–H groups in total. The summed E-state index contributed by atoms with van der Waals surface area (Å²) < 4.78 is 4.71. The molecular formula is C29H32N4O4S. The summed E-state index contributed by atoms with van der Waals surface area (Å²) in [6, 6.07) is 22.2. The molecule has 0 bridgehead atoms. The summed E-state index contributed by atoms with van der Waals surface area (Å²) in [5.74, 6) is -0.826. The van der Waals surface area contributed by atoms with Crippen molar-refractivity contribution in [1.82, 2.24) is 0 Å². The first kappa shape index (κ1) is 27.2. The molecule has 1 aliphatic heterocycles. The SMILES string of the molecule is COC(=O)Nc1ccccc1-c1ccc(NC(=O)C(C)([C@@H]2CSc3ccccc3NC2=O)C(C)(C)N)cc1. The van der Waals surface area contributed by atoms with Crippen molar-refractivity contribution in [2.45, 2.75) is 31.2 Å². The lowest BCUT2D eigenvalue weighted by Gasteiger charge is -2.44. The molecule has 0 saturated carbocycles. The molecule has 0 aromatic heterocycles. The Balaban J connectivity index is 1.58. The number of anilines is 3. The van der Waals surface area contributed by atoms with Crippen molar-refractivity contribution >= 4 is 46.7 Å². The Morgan fingerprint density at radius 3 is 2.32 bits per heavy atom. The van der Waals surface area contributed by atoms with Gasteiger partial charge in [-0.3, -0.25) is 14.9 Å². The lowest BCUT2D eigenvalue weighted by atomic mass is 9.64. The Bertz CT molecular complexity index is 1350. The second-order valence-electron chi connectivity index (χ2n) is 9.97. The summed E-state index contributed by atoms with van der Waals surface area (Å²) in [5, 5.41) is 8.68. The van der Waals surface area contributed by atoms with Crippen molar-refractivity contribution in [3.8, 4) is 11.1 Å². The minimum atomic E-state index is -1.22. The fourth-order valence-corrected chi connectivity index (χ4v) is 5.77. The van der Waals surface area contributed by atoms with E-state index in [0.29, 0.717) is 17.1 Å². The number of carbonyl (C=O) groups excluding carboxylic acids is 3. The molecule has 2 atom stereocenters. The smallest absolute Gasteiger partial charge is 0.411 e. The number of thioether (sulfide) groups is 1. The minimum Gasteiger partial charge on any atom is -0.453 e. The Labute approximate surface area is 226 Å². The molecule has 38 heavy (non-hydrogen) atoms. The van der Waals surface area contributed by atoms with Crippen molar-refractivity contribution in [2.24, 2.45) is 17.1 Å². The standard InChI is InChI=1S/C29H32N4O4S/c1-28(2,30)29(3,21-17-38-24-12-8-7-11-23(24)32-25(21)34)26(35)31-19-15-13-18(14-16-19)20-9-5-6-10-22(20)33-27(36)37-4/h5-16,21H,17,30H2,1-4H3,(H,31,35)(H,32,34)(H,33,36)/t21-,29?/m1/s1. The van der Waals surface area contributed by atoms with Crippen LogP contribution in [0.15, 0.2) is 77.7 Å². The fraction of sp³-hybridized carbons (Fsp3) is 0.276. The lowest BCUT2D eigenvalue weighted by Crippen LogP contribution is -2.62. The van der Waals surface area contributed by atoms with Crippen molar-refractivity contribution in [3.63, 3.8) is 0 Å². The summed E-state index contributed by atoms with van der Waals surface area (Å²) in [5.41, 5.74) is 7.91. The molecule has 8 nitrogen and oxygen atoms in total. The molecule has 9 heteroatoms. The van der Waals surface area contributed by atoms with E-state index < -0.39 is 23.0 Å². The van der Waals surface area contributed by atoms with Gasteiger partial charge in [0.15, 0.2) is 0 Å². The quantitative estimate of drug-likeness (QED) is 0.329. The van der Waals surface area contributed by atoms with Crippen LogP contribution in [0.3, 0.4) is 0 Å². The highest BCUT2D eigenvalue weighted by molar-refractivity contribution is 7.99. The monoisotopic (exact) mass is 532 g/mol. The maximum Gasteiger partial charge on any atom is 0.411 e. The van der Waals surface area contributed by atoms with Crippen molar-refractivity contribution in [3.05, 3.63) is 72.8 Å². The van der Waals surface area contributed by atoms with Gasteiger partial charge >= 0.3 is 6.09 Å². The van der Waals surface area contributed by atoms with Gasteiger partial charge < -0.3 is 21.1 Å². The summed E-state index contributed by atoms with van der Waals surface area (Å²) in [4.78, 5) is 39.9. The van der Waals surface area contributed by atoms with Gasteiger partial charge in [-0.15, -0.1) is 11.8 Å². The molecule has 1 unspecified atom stereocenters. The Morgan fingerprint density at radius 1 is 0.974 bits per heavy atom. The number of benzene rings is 3. The maximum absolute atomic E-state index is 13.8. The van der Waals surface area contributed by atoms with E-state index in [1.165, 1.54) is 18.9 Å². The summed E-state index contributed by atoms with van der Waals surface area (Å²) in [6.07, 6.45) is -0.561. The number of ether oxygens (including phenoxy) is 1. The zero-order valence-electron chi connectivity index (χ0n) is 21.8. The summed E-state index contributed by atoms with van der Waals surface area (Å²) in [7, 11) is 1.31.